The van der Waals surface area contributed by atoms with E-state index in [9.17, 15) is 4.79 Å². The summed E-state index contributed by atoms with van der Waals surface area (Å²) in [6, 6.07) is 0. The van der Waals surface area contributed by atoms with Crippen molar-refractivity contribution < 1.29 is 4.79 Å². The number of halogens is 1. The maximum atomic E-state index is 12.1. The molecule has 2 N–H and O–H groups in total. The minimum atomic E-state index is 0. The van der Waals surface area contributed by atoms with Crippen LogP contribution < -0.4 is 10.6 Å². The largest absolute Gasteiger partial charge is 0.356 e. The number of carbonyl (C=O) groups excluding carboxylic acids is 1. The number of hydrogen-bond donors (Lipinski definition) is 2. The molecule has 1 unspecified atom stereocenters. The summed E-state index contributed by atoms with van der Waals surface area (Å²) >= 11 is 0. The molecule has 1 heterocycles. The Morgan fingerprint density at radius 3 is 2.52 bits per heavy atom. The van der Waals surface area contributed by atoms with E-state index in [1.54, 1.807) is 0 Å². The van der Waals surface area contributed by atoms with Gasteiger partial charge in [-0.2, -0.15) is 0 Å². The van der Waals surface area contributed by atoms with Crippen LogP contribution in [-0.2, 0) is 4.79 Å². The lowest BCUT2D eigenvalue weighted by Crippen LogP contribution is -2.34. The molecule has 1 atom stereocenters. The molecule has 4 heteroatoms. The highest BCUT2D eigenvalue weighted by Gasteiger charge is 2.57. The molecule has 0 aromatic rings. The standard InChI is InChI=1S/C17H32N2O.ClH/c1-14(2)7-5-3-4-6-10-19-16(20)15-13-17(15)8-11-18-12-9-17;/h14-15,18H,3-13H2,1-2H3,(H,19,20);1H. The number of unbranched alkanes of at least 4 members (excludes halogenated alkanes) is 3. The molecule has 3 nitrogen and oxygen atoms in total. The molecule has 1 saturated heterocycles. The summed E-state index contributed by atoms with van der Waals surface area (Å²) in [5.74, 6) is 1.48. The van der Waals surface area contributed by atoms with Gasteiger partial charge in [-0.3, -0.25) is 4.79 Å². The molecule has 1 spiro atoms. The maximum Gasteiger partial charge on any atom is 0.223 e. The van der Waals surface area contributed by atoms with E-state index in [1.165, 1.54) is 38.5 Å². The number of rotatable bonds is 8. The fourth-order valence-electron chi connectivity index (χ4n) is 3.56. The zero-order chi connectivity index (χ0) is 14.4. The normalized spacial score (nSPS) is 22.9. The second-order valence-corrected chi connectivity index (χ2v) is 7.26. The molecule has 2 aliphatic rings. The van der Waals surface area contributed by atoms with Crippen LogP contribution in [0.1, 0.15) is 65.2 Å². The average Bonchev–Trinajstić information content (AvgIpc) is 3.11. The van der Waals surface area contributed by atoms with Crippen molar-refractivity contribution >= 4 is 18.3 Å². The molecule has 0 aromatic carbocycles. The van der Waals surface area contributed by atoms with Gasteiger partial charge >= 0.3 is 0 Å². The van der Waals surface area contributed by atoms with Crippen molar-refractivity contribution in [3.05, 3.63) is 0 Å². The van der Waals surface area contributed by atoms with Crippen molar-refractivity contribution in [2.75, 3.05) is 19.6 Å². The quantitative estimate of drug-likeness (QED) is 0.673. The predicted octanol–water partition coefficient (Wildman–Crippen LogP) is 3.52. The van der Waals surface area contributed by atoms with Gasteiger partial charge in [-0.05, 0) is 50.1 Å². The first-order chi connectivity index (χ1) is 9.64. The van der Waals surface area contributed by atoms with Crippen molar-refractivity contribution in [1.82, 2.24) is 10.6 Å². The van der Waals surface area contributed by atoms with Crippen LogP contribution in [0.3, 0.4) is 0 Å². The lowest BCUT2D eigenvalue weighted by atomic mass is 9.92. The van der Waals surface area contributed by atoms with Crippen LogP contribution in [0, 0.1) is 17.3 Å². The topological polar surface area (TPSA) is 41.1 Å². The highest BCUT2D eigenvalue weighted by molar-refractivity contribution is 5.85. The fourth-order valence-corrected chi connectivity index (χ4v) is 3.56. The highest BCUT2D eigenvalue weighted by atomic mass is 35.5. The molecule has 1 saturated carbocycles. The van der Waals surface area contributed by atoms with Gasteiger partial charge in [0.05, 0.1) is 0 Å². The van der Waals surface area contributed by atoms with Gasteiger partial charge < -0.3 is 10.6 Å². The lowest BCUT2D eigenvalue weighted by molar-refractivity contribution is -0.123. The van der Waals surface area contributed by atoms with Gasteiger partial charge in [-0.25, -0.2) is 0 Å². The van der Waals surface area contributed by atoms with Crippen molar-refractivity contribution in [2.45, 2.75) is 65.2 Å². The monoisotopic (exact) mass is 316 g/mol. The molecule has 124 valence electrons. The lowest BCUT2D eigenvalue weighted by Gasteiger charge is -2.23. The van der Waals surface area contributed by atoms with Gasteiger partial charge in [0.2, 0.25) is 5.91 Å². The van der Waals surface area contributed by atoms with Crippen LogP contribution in [0.2, 0.25) is 0 Å². The summed E-state index contributed by atoms with van der Waals surface area (Å²) in [6.45, 7) is 7.64. The molecule has 2 rings (SSSR count). The van der Waals surface area contributed by atoms with Gasteiger partial charge in [-0.15, -0.1) is 12.4 Å². The summed E-state index contributed by atoms with van der Waals surface area (Å²) in [4.78, 5) is 12.1. The third-order valence-corrected chi connectivity index (χ3v) is 5.11. The molecule has 0 aromatic heterocycles. The van der Waals surface area contributed by atoms with Gasteiger partial charge in [0.15, 0.2) is 0 Å². The summed E-state index contributed by atoms with van der Waals surface area (Å²) in [6.07, 6.45) is 9.91. The van der Waals surface area contributed by atoms with E-state index in [4.69, 9.17) is 0 Å². The van der Waals surface area contributed by atoms with Crippen LogP contribution in [0.5, 0.6) is 0 Å². The minimum absolute atomic E-state index is 0. The summed E-state index contributed by atoms with van der Waals surface area (Å²) < 4.78 is 0. The van der Waals surface area contributed by atoms with E-state index in [2.05, 4.69) is 24.5 Å². The van der Waals surface area contributed by atoms with Crippen molar-refractivity contribution in [3.63, 3.8) is 0 Å². The average molecular weight is 317 g/mol. The zero-order valence-corrected chi connectivity index (χ0v) is 14.6. The second-order valence-electron chi connectivity index (χ2n) is 7.26. The number of piperidine rings is 1. The first-order valence-corrected chi connectivity index (χ1v) is 8.62. The Morgan fingerprint density at radius 2 is 1.86 bits per heavy atom. The number of hydrogen-bond acceptors (Lipinski definition) is 2. The SMILES string of the molecule is CC(C)CCCCCCNC(=O)C1CC12CCNCC2.Cl. The Balaban J connectivity index is 0.00000220. The third kappa shape index (κ3) is 5.78. The number of nitrogens with one attached hydrogen (secondary N) is 2. The highest BCUT2D eigenvalue weighted by Crippen LogP contribution is 2.58. The number of amides is 1. The van der Waals surface area contributed by atoms with E-state index < -0.39 is 0 Å². The Labute approximate surface area is 136 Å². The molecular formula is C17H33ClN2O. The predicted molar refractivity (Wildman–Crippen MR) is 90.8 cm³/mol. The van der Waals surface area contributed by atoms with E-state index in [-0.39, 0.29) is 12.4 Å². The summed E-state index contributed by atoms with van der Waals surface area (Å²) in [5, 5.41) is 6.54. The van der Waals surface area contributed by atoms with E-state index >= 15 is 0 Å². The summed E-state index contributed by atoms with van der Waals surface area (Å²) in [5.41, 5.74) is 0.382. The van der Waals surface area contributed by atoms with Crippen LogP contribution in [0.25, 0.3) is 0 Å². The van der Waals surface area contributed by atoms with E-state index in [0.717, 1.165) is 38.4 Å². The Bertz CT molecular complexity index is 314. The van der Waals surface area contributed by atoms with Gasteiger partial charge in [-0.1, -0.05) is 39.5 Å². The first-order valence-electron chi connectivity index (χ1n) is 8.62. The molecule has 1 amide bonds. The molecule has 21 heavy (non-hydrogen) atoms. The summed E-state index contributed by atoms with van der Waals surface area (Å²) in [7, 11) is 0. The third-order valence-electron chi connectivity index (χ3n) is 5.11. The molecule has 1 aliphatic carbocycles. The molecule has 0 bridgehead atoms. The zero-order valence-electron chi connectivity index (χ0n) is 13.7. The van der Waals surface area contributed by atoms with E-state index in [0.29, 0.717) is 17.2 Å². The molecule has 0 radical (unpaired) electrons. The molecule has 2 fully saturated rings. The van der Waals surface area contributed by atoms with Gasteiger partial charge in [0.25, 0.3) is 0 Å². The Hall–Kier alpha value is -0.280. The maximum absolute atomic E-state index is 12.1. The number of carbonyl (C=O) groups is 1. The van der Waals surface area contributed by atoms with Crippen LogP contribution >= 0.6 is 12.4 Å². The van der Waals surface area contributed by atoms with Gasteiger partial charge in [0.1, 0.15) is 0 Å². The van der Waals surface area contributed by atoms with Crippen molar-refractivity contribution in [3.8, 4) is 0 Å². The smallest absolute Gasteiger partial charge is 0.223 e. The van der Waals surface area contributed by atoms with Crippen LogP contribution in [0.15, 0.2) is 0 Å². The fraction of sp³-hybridized carbons (Fsp3) is 0.941. The minimum Gasteiger partial charge on any atom is -0.356 e. The molecular weight excluding hydrogens is 284 g/mol. The Morgan fingerprint density at radius 1 is 1.19 bits per heavy atom. The second kappa shape index (κ2) is 8.99. The van der Waals surface area contributed by atoms with Crippen molar-refractivity contribution in [2.24, 2.45) is 17.3 Å². The van der Waals surface area contributed by atoms with Gasteiger partial charge in [0, 0.05) is 12.5 Å². The van der Waals surface area contributed by atoms with E-state index in [1.807, 2.05) is 0 Å². The van der Waals surface area contributed by atoms with Crippen molar-refractivity contribution in [1.29, 1.82) is 0 Å². The first kappa shape index (κ1) is 18.8. The molecule has 1 aliphatic heterocycles. The van der Waals surface area contributed by atoms with Crippen LogP contribution in [0.4, 0.5) is 0 Å². The Kier molecular flexibility index (Phi) is 8.04. The van der Waals surface area contributed by atoms with Crippen LogP contribution in [-0.4, -0.2) is 25.5 Å².